The van der Waals surface area contributed by atoms with Crippen molar-refractivity contribution in [2.75, 3.05) is 25.5 Å². The lowest BCUT2D eigenvalue weighted by molar-refractivity contribution is 0.325. The molecule has 0 saturated carbocycles. The van der Waals surface area contributed by atoms with Gasteiger partial charge in [-0.25, -0.2) is 9.97 Å². The highest BCUT2D eigenvalue weighted by atomic mass is 15.1. The molecule has 1 N–H and O–H groups in total. The summed E-state index contributed by atoms with van der Waals surface area (Å²) in [6.45, 7) is 4.90. The van der Waals surface area contributed by atoms with Gasteiger partial charge in [0.15, 0.2) is 0 Å². The number of benzene rings is 1. The van der Waals surface area contributed by atoms with Gasteiger partial charge in [0.25, 0.3) is 0 Å². The van der Waals surface area contributed by atoms with E-state index in [4.69, 9.17) is 0 Å². The van der Waals surface area contributed by atoms with Crippen molar-refractivity contribution in [3.63, 3.8) is 0 Å². The van der Waals surface area contributed by atoms with Crippen molar-refractivity contribution in [2.45, 2.75) is 19.9 Å². The van der Waals surface area contributed by atoms with Crippen LogP contribution >= 0.6 is 0 Å². The maximum atomic E-state index is 4.32. The van der Waals surface area contributed by atoms with E-state index in [1.54, 1.807) is 6.20 Å². The molecule has 0 amide bonds. The third kappa shape index (κ3) is 4.97. The van der Waals surface area contributed by atoms with Crippen molar-refractivity contribution in [3.8, 4) is 0 Å². The molecule has 4 nitrogen and oxygen atoms in total. The monoisotopic (exact) mass is 270 g/mol. The van der Waals surface area contributed by atoms with E-state index < -0.39 is 0 Å². The molecule has 1 heterocycles. The number of aryl methyl sites for hydroxylation is 1. The number of hydrogen-bond donors (Lipinski definition) is 1. The average Bonchev–Trinajstić information content (AvgIpc) is 2.45. The molecule has 0 bridgehead atoms. The summed E-state index contributed by atoms with van der Waals surface area (Å²) < 4.78 is 0. The molecule has 1 aromatic heterocycles. The highest BCUT2D eigenvalue weighted by Gasteiger charge is 2.00. The van der Waals surface area contributed by atoms with Crippen molar-refractivity contribution in [1.82, 2.24) is 14.9 Å². The predicted molar refractivity (Wildman–Crippen MR) is 82.7 cm³/mol. The highest BCUT2D eigenvalue weighted by Crippen LogP contribution is 2.03. The van der Waals surface area contributed by atoms with Crippen LogP contribution in [0.3, 0.4) is 0 Å². The van der Waals surface area contributed by atoms with E-state index in [9.17, 15) is 0 Å². The largest absolute Gasteiger partial charge is 0.354 e. The summed E-state index contributed by atoms with van der Waals surface area (Å²) >= 11 is 0. The average molecular weight is 270 g/mol. The first-order chi connectivity index (χ1) is 9.74. The third-order valence-electron chi connectivity index (χ3n) is 3.09. The highest BCUT2D eigenvalue weighted by molar-refractivity contribution is 5.24. The molecule has 2 rings (SSSR count). The third-order valence-corrected chi connectivity index (χ3v) is 3.09. The van der Waals surface area contributed by atoms with E-state index in [-0.39, 0.29) is 0 Å². The summed E-state index contributed by atoms with van der Waals surface area (Å²) in [5, 5.41) is 3.26. The fourth-order valence-corrected chi connectivity index (χ4v) is 2.06. The molecule has 0 atom stereocenters. The molecule has 0 unspecified atom stereocenters. The van der Waals surface area contributed by atoms with E-state index in [0.29, 0.717) is 0 Å². The van der Waals surface area contributed by atoms with Gasteiger partial charge in [0.05, 0.1) is 0 Å². The van der Waals surface area contributed by atoms with Crippen molar-refractivity contribution in [1.29, 1.82) is 0 Å². The van der Waals surface area contributed by atoms with E-state index >= 15 is 0 Å². The number of hydrogen-bond acceptors (Lipinski definition) is 4. The standard InChI is InChI=1S/C16H22N4/c1-14-9-11-18-16(19-14)17-10-6-12-20(2)13-15-7-4-3-5-8-15/h3-5,7-9,11H,6,10,12-13H2,1-2H3,(H,17,18,19). The van der Waals surface area contributed by atoms with Gasteiger partial charge >= 0.3 is 0 Å². The molecular weight excluding hydrogens is 248 g/mol. The first-order valence-electron chi connectivity index (χ1n) is 7.00. The number of aromatic nitrogens is 2. The zero-order chi connectivity index (χ0) is 14.2. The van der Waals surface area contributed by atoms with Crippen LogP contribution in [0.4, 0.5) is 5.95 Å². The number of rotatable bonds is 7. The molecule has 0 saturated heterocycles. The molecule has 0 aliphatic carbocycles. The first kappa shape index (κ1) is 14.5. The molecule has 0 fully saturated rings. The molecule has 1 aromatic carbocycles. The minimum Gasteiger partial charge on any atom is -0.354 e. The maximum Gasteiger partial charge on any atom is 0.222 e. The Kier molecular flexibility index (Phi) is 5.50. The van der Waals surface area contributed by atoms with Crippen LogP contribution in [0.5, 0.6) is 0 Å². The van der Waals surface area contributed by atoms with Crippen LogP contribution in [-0.4, -0.2) is 35.0 Å². The first-order valence-corrected chi connectivity index (χ1v) is 7.00. The van der Waals surface area contributed by atoms with Crippen LogP contribution < -0.4 is 5.32 Å². The second-order valence-corrected chi connectivity index (χ2v) is 5.03. The molecule has 20 heavy (non-hydrogen) atoms. The lowest BCUT2D eigenvalue weighted by atomic mass is 10.2. The second-order valence-electron chi connectivity index (χ2n) is 5.03. The van der Waals surface area contributed by atoms with Crippen LogP contribution in [0.1, 0.15) is 17.7 Å². The SMILES string of the molecule is Cc1ccnc(NCCCN(C)Cc2ccccc2)n1. The van der Waals surface area contributed by atoms with Gasteiger partial charge in [0.1, 0.15) is 0 Å². The smallest absolute Gasteiger partial charge is 0.222 e. The Balaban J connectivity index is 1.66. The van der Waals surface area contributed by atoms with Crippen molar-refractivity contribution < 1.29 is 0 Å². The molecule has 106 valence electrons. The van der Waals surface area contributed by atoms with E-state index in [1.165, 1.54) is 5.56 Å². The molecule has 0 aliphatic rings. The van der Waals surface area contributed by atoms with Crippen LogP contribution in [0.25, 0.3) is 0 Å². The normalized spacial score (nSPS) is 10.8. The summed E-state index contributed by atoms with van der Waals surface area (Å²) in [5.41, 5.74) is 2.34. The molecule has 4 heteroatoms. The van der Waals surface area contributed by atoms with Gasteiger partial charge < -0.3 is 10.2 Å². The van der Waals surface area contributed by atoms with E-state index in [0.717, 1.165) is 37.7 Å². The second kappa shape index (κ2) is 7.60. The van der Waals surface area contributed by atoms with Crippen molar-refractivity contribution in [2.24, 2.45) is 0 Å². The summed E-state index contributed by atoms with van der Waals surface area (Å²) in [6, 6.07) is 12.4. The van der Waals surface area contributed by atoms with Gasteiger partial charge in [0, 0.05) is 25.0 Å². The van der Waals surface area contributed by atoms with Crippen LogP contribution in [0, 0.1) is 6.92 Å². The summed E-state index contributed by atoms with van der Waals surface area (Å²) in [6.07, 6.45) is 2.85. The van der Waals surface area contributed by atoms with Crippen molar-refractivity contribution in [3.05, 3.63) is 53.9 Å². The van der Waals surface area contributed by atoms with Crippen molar-refractivity contribution >= 4 is 5.95 Å². The number of anilines is 1. The summed E-state index contributed by atoms with van der Waals surface area (Å²) in [4.78, 5) is 10.8. The summed E-state index contributed by atoms with van der Waals surface area (Å²) in [5.74, 6) is 0.718. The number of nitrogens with zero attached hydrogens (tertiary/aromatic N) is 3. The Morgan fingerprint density at radius 2 is 1.95 bits per heavy atom. The number of nitrogens with one attached hydrogen (secondary N) is 1. The van der Waals surface area contributed by atoms with Gasteiger partial charge in [-0.3, -0.25) is 0 Å². The zero-order valence-corrected chi connectivity index (χ0v) is 12.2. The topological polar surface area (TPSA) is 41.1 Å². The molecule has 0 spiro atoms. The molecule has 0 radical (unpaired) electrons. The fraction of sp³-hybridized carbons (Fsp3) is 0.375. The Hall–Kier alpha value is -1.94. The molecular formula is C16H22N4. The zero-order valence-electron chi connectivity index (χ0n) is 12.2. The quantitative estimate of drug-likeness (QED) is 0.785. The van der Waals surface area contributed by atoms with E-state index in [2.05, 4.69) is 57.6 Å². The van der Waals surface area contributed by atoms with Gasteiger partial charge in [-0.2, -0.15) is 0 Å². The molecule has 2 aromatic rings. The summed E-state index contributed by atoms with van der Waals surface area (Å²) in [7, 11) is 2.15. The van der Waals surface area contributed by atoms with Gasteiger partial charge in [0.2, 0.25) is 5.95 Å². The fourth-order valence-electron chi connectivity index (χ4n) is 2.06. The van der Waals surface area contributed by atoms with Crippen LogP contribution in [-0.2, 0) is 6.54 Å². The lowest BCUT2D eigenvalue weighted by Crippen LogP contribution is -2.21. The van der Waals surface area contributed by atoms with Gasteiger partial charge in [-0.05, 0) is 38.6 Å². The Bertz CT molecular complexity index is 513. The van der Waals surface area contributed by atoms with Gasteiger partial charge in [-0.1, -0.05) is 30.3 Å². The lowest BCUT2D eigenvalue weighted by Gasteiger charge is -2.16. The van der Waals surface area contributed by atoms with Crippen LogP contribution in [0.15, 0.2) is 42.6 Å². The van der Waals surface area contributed by atoms with Crippen LogP contribution in [0.2, 0.25) is 0 Å². The molecule has 0 aliphatic heterocycles. The Morgan fingerprint density at radius 1 is 1.15 bits per heavy atom. The Labute approximate surface area is 120 Å². The predicted octanol–water partition coefficient (Wildman–Crippen LogP) is 2.72. The maximum absolute atomic E-state index is 4.32. The Morgan fingerprint density at radius 3 is 2.70 bits per heavy atom. The van der Waals surface area contributed by atoms with E-state index in [1.807, 2.05) is 13.0 Å². The minimum atomic E-state index is 0.718. The van der Waals surface area contributed by atoms with Gasteiger partial charge in [-0.15, -0.1) is 0 Å². The minimum absolute atomic E-state index is 0.718.